The monoisotopic (exact) mass is 317 g/mol. The van der Waals surface area contributed by atoms with Crippen molar-refractivity contribution >= 4 is 11.9 Å². The quantitative estimate of drug-likeness (QED) is 0.858. The van der Waals surface area contributed by atoms with Gasteiger partial charge in [0.15, 0.2) is 0 Å². The number of carboxylic acid groups (broad SMARTS) is 1. The molecule has 6 heteroatoms. The molecule has 0 aliphatic heterocycles. The number of hydrogen-bond acceptors (Lipinski definition) is 3. The second kappa shape index (κ2) is 6.24. The average Bonchev–Trinajstić information content (AvgIpc) is 3.13. The Morgan fingerprint density at radius 3 is 2.65 bits per heavy atom. The molecular weight excluding hydrogens is 301 g/mol. The minimum atomic E-state index is -1.03. The van der Waals surface area contributed by atoms with Crippen molar-refractivity contribution in [3.05, 3.63) is 59.8 Å². The Balaban J connectivity index is 1.68. The van der Waals surface area contributed by atoms with Crippen LogP contribution in [0.3, 0.4) is 0 Å². The smallest absolute Gasteiger partial charge is 0.305 e. The third-order valence-corrected chi connectivity index (χ3v) is 4.00. The fraction of sp³-hybridized carbons (Fsp3) is 0.294. The summed E-state index contributed by atoms with van der Waals surface area (Å²) in [5.41, 5.74) is 0.567. The number of carbonyl (C=O) groups is 2. The van der Waals surface area contributed by atoms with Crippen molar-refractivity contribution in [2.24, 2.45) is 5.92 Å². The van der Waals surface area contributed by atoms with Gasteiger partial charge in [-0.1, -0.05) is 12.1 Å². The molecule has 0 bridgehead atoms. The number of furan rings is 1. The van der Waals surface area contributed by atoms with E-state index in [0.717, 1.165) is 5.76 Å². The zero-order valence-electron chi connectivity index (χ0n) is 12.2. The Kier molecular flexibility index (Phi) is 4.14. The first-order chi connectivity index (χ1) is 11.0. The molecule has 2 aromatic rings. The maximum absolute atomic E-state index is 13.0. The largest absolute Gasteiger partial charge is 0.481 e. The van der Waals surface area contributed by atoms with Crippen LogP contribution >= 0.6 is 0 Å². The number of carboxylic acids is 1. The molecule has 23 heavy (non-hydrogen) atoms. The van der Waals surface area contributed by atoms with Crippen molar-refractivity contribution < 1.29 is 23.5 Å². The molecule has 120 valence electrons. The van der Waals surface area contributed by atoms with E-state index in [2.05, 4.69) is 5.32 Å². The summed E-state index contributed by atoms with van der Waals surface area (Å²) in [5, 5.41) is 11.8. The minimum Gasteiger partial charge on any atom is -0.481 e. The Hall–Kier alpha value is -2.63. The normalized spacial score (nSPS) is 20.7. The van der Waals surface area contributed by atoms with Crippen LogP contribution in [0.5, 0.6) is 0 Å². The Bertz CT molecular complexity index is 696. The molecule has 0 radical (unpaired) electrons. The van der Waals surface area contributed by atoms with E-state index in [4.69, 9.17) is 9.52 Å². The van der Waals surface area contributed by atoms with Gasteiger partial charge in [0, 0.05) is 11.8 Å². The number of amides is 1. The minimum absolute atomic E-state index is 0.0451. The van der Waals surface area contributed by atoms with Gasteiger partial charge in [0.2, 0.25) is 5.91 Å². The highest BCUT2D eigenvalue weighted by molar-refractivity contribution is 5.83. The van der Waals surface area contributed by atoms with Crippen molar-refractivity contribution in [2.75, 3.05) is 0 Å². The third-order valence-electron chi connectivity index (χ3n) is 4.00. The van der Waals surface area contributed by atoms with Gasteiger partial charge < -0.3 is 14.8 Å². The zero-order valence-corrected chi connectivity index (χ0v) is 12.2. The summed E-state index contributed by atoms with van der Waals surface area (Å²) in [4.78, 5) is 23.4. The van der Waals surface area contributed by atoms with Gasteiger partial charge in [-0.05, 0) is 36.2 Å². The molecule has 1 aliphatic carbocycles. The van der Waals surface area contributed by atoms with E-state index >= 15 is 0 Å². The molecule has 3 rings (SSSR count). The second-order valence-electron chi connectivity index (χ2n) is 5.67. The summed E-state index contributed by atoms with van der Waals surface area (Å²) >= 11 is 0. The Labute approximate surface area is 132 Å². The summed E-state index contributed by atoms with van der Waals surface area (Å²) in [5.74, 6) is -1.04. The van der Waals surface area contributed by atoms with Crippen LogP contribution in [0, 0.1) is 11.7 Å². The summed E-state index contributed by atoms with van der Waals surface area (Å²) in [7, 11) is 0. The van der Waals surface area contributed by atoms with E-state index in [1.807, 2.05) is 6.07 Å². The number of carbonyl (C=O) groups excluding carboxylic acids is 1. The topological polar surface area (TPSA) is 79.5 Å². The molecule has 0 saturated heterocycles. The van der Waals surface area contributed by atoms with Crippen LogP contribution in [0.25, 0.3) is 0 Å². The summed E-state index contributed by atoms with van der Waals surface area (Å²) in [6.45, 7) is 0. The lowest BCUT2D eigenvalue weighted by molar-refractivity contribution is -0.137. The standard InChI is InChI=1S/C17H16FNO4/c18-11-5-3-10(4-6-11)14(9-16(20)21)19-17(22)13-8-12(13)15-2-1-7-23-15/h1-7,12-14H,8-9H2,(H,19,22)(H,20,21)/t12-,13-,14-/m0/s1. The van der Waals surface area contributed by atoms with Crippen LogP contribution in [-0.4, -0.2) is 17.0 Å². The number of halogens is 1. The Morgan fingerprint density at radius 1 is 1.30 bits per heavy atom. The summed E-state index contributed by atoms with van der Waals surface area (Å²) < 4.78 is 18.3. The molecule has 2 N–H and O–H groups in total. The first kappa shape index (κ1) is 15.3. The third kappa shape index (κ3) is 3.59. The molecule has 1 aliphatic rings. The van der Waals surface area contributed by atoms with E-state index in [1.165, 1.54) is 24.3 Å². The van der Waals surface area contributed by atoms with Gasteiger partial charge in [0.05, 0.1) is 18.7 Å². The molecule has 1 heterocycles. The van der Waals surface area contributed by atoms with Crippen LogP contribution in [0.15, 0.2) is 47.1 Å². The molecule has 0 unspecified atom stereocenters. The predicted molar refractivity (Wildman–Crippen MR) is 79.1 cm³/mol. The van der Waals surface area contributed by atoms with Gasteiger partial charge in [0.25, 0.3) is 0 Å². The first-order valence-electron chi connectivity index (χ1n) is 7.35. The van der Waals surface area contributed by atoms with Gasteiger partial charge in [-0.3, -0.25) is 9.59 Å². The highest BCUT2D eigenvalue weighted by Crippen LogP contribution is 2.48. The van der Waals surface area contributed by atoms with Crippen molar-refractivity contribution in [3.63, 3.8) is 0 Å². The van der Waals surface area contributed by atoms with E-state index in [-0.39, 0.29) is 24.2 Å². The Morgan fingerprint density at radius 2 is 2.04 bits per heavy atom. The molecule has 1 aromatic heterocycles. The first-order valence-corrected chi connectivity index (χ1v) is 7.35. The molecule has 5 nitrogen and oxygen atoms in total. The number of nitrogens with one attached hydrogen (secondary N) is 1. The lowest BCUT2D eigenvalue weighted by atomic mass is 10.0. The maximum Gasteiger partial charge on any atom is 0.305 e. The number of benzene rings is 1. The second-order valence-corrected chi connectivity index (χ2v) is 5.67. The summed E-state index contributed by atoms with van der Waals surface area (Å²) in [6.07, 6.45) is 1.99. The van der Waals surface area contributed by atoms with Gasteiger partial charge >= 0.3 is 5.97 Å². The van der Waals surface area contributed by atoms with Gasteiger partial charge in [-0.25, -0.2) is 4.39 Å². The van der Waals surface area contributed by atoms with Crippen LogP contribution in [-0.2, 0) is 9.59 Å². The predicted octanol–water partition coefficient (Wildman–Crippen LogP) is 2.85. The fourth-order valence-corrected chi connectivity index (χ4v) is 2.70. The highest BCUT2D eigenvalue weighted by atomic mass is 19.1. The van der Waals surface area contributed by atoms with Gasteiger partial charge in [-0.15, -0.1) is 0 Å². The van der Waals surface area contributed by atoms with Crippen LogP contribution in [0.4, 0.5) is 4.39 Å². The molecular formula is C17H16FNO4. The maximum atomic E-state index is 13.0. The fourth-order valence-electron chi connectivity index (χ4n) is 2.70. The van der Waals surface area contributed by atoms with Crippen LogP contribution in [0.2, 0.25) is 0 Å². The van der Waals surface area contributed by atoms with Crippen molar-refractivity contribution in [2.45, 2.75) is 24.8 Å². The number of rotatable bonds is 6. The van der Waals surface area contributed by atoms with E-state index in [1.54, 1.807) is 12.3 Å². The summed E-state index contributed by atoms with van der Waals surface area (Å²) in [6, 6.07) is 8.39. The highest BCUT2D eigenvalue weighted by Gasteiger charge is 2.46. The lowest BCUT2D eigenvalue weighted by Gasteiger charge is -2.17. The van der Waals surface area contributed by atoms with Crippen molar-refractivity contribution in [1.82, 2.24) is 5.32 Å². The molecule has 3 atom stereocenters. The number of hydrogen-bond donors (Lipinski definition) is 2. The molecule has 0 spiro atoms. The molecule has 1 saturated carbocycles. The SMILES string of the molecule is O=C(O)C[C@H](NC(=O)[C@H]1C[C@@H]1c1ccco1)c1ccc(F)cc1. The number of aliphatic carboxylic acids is 1. The van der Waals surface area contributed by atoms with Gasteiger partial charge in [-0.2, -0.15) is 0 Å². The van der Waals surface area contributed by atoms with E-state index < -0.39 is 17.8 Å². The van der Waals surface area contributed by atoms with Crippen molar-refractivity contribution in [3.8, 4) is 0 Å². The average molecular weight is 317 g/mol. The molecule has 1 amide bonds. The van der Waals surface area contributed by atoms with Crippen molar-refractivity contribution in [1.29, 1.82) is 0 Å². The lowest BCUT2D eigenvalue weighted by Crippen LogP contribution is -2.31. The van der Waals surface area contributed by atoms with Crippen LogP contribution < -0.4 is 5.32 Å². The van der Waals surface area contributed by atoms with E-state index in [0.29, 0.717) is 12.0 Å². The molecule has 1 fully saturated rings. The molecule has 1 aromatic carbocycles. The van der Waals surface area contributed by atoms with Crippen LogP contribution in [0.1, 0.15) is 36.1 Å². The zero-order chi connectivity index (χ0) is 16.4. The van der Waals surface area contributed by atoms with Gasteiger partial charge in [0.1, 0.15) is 11.6 Å². The van der Waals surface area contributed by atoms with E-state index in [9.17, 15) is 14.0 Å².